The molecule has 3 heterocycles. The number of carbonyl (C=O) groups is 1. The molecule has 4 rings (SSSR count). The fourth-order valence-electron chi connectivity index (χ4n) is 3.11. The standard InChI is InChI=1S/C18H17ClN6O/c19-12-3-4-14-16(8-12)21-9-17(24-14)25-7-1-2-13(10-25)23-18(26)15-5-6-20-11-22-15/h3-6,8-9,11,13H,1-2,7,10H2,(H,23,26). The van der Waals surface area contributed by atoms with Crippen molar-refractivity contribution in [3.8, 4) is 0 Å². The van der Waals surface area contributed by atoms with Crippen LogP contribution in [-0.2, 0) is 0 Å². The number of hydrogen-bond donors (Lipinski definition) is 1. The summed E-state index contributed by atoms with van der Waals surface area (Å²) < 4.78 is 0. The summed E-state index contributed by atoms with van der Waals surface area (Å²) in [6.07, 6.45) is 6.58. The molecule has 26 heavy (non-hydrogen) atoms. The van der Waals surface area contributed by atoms with E-state index in [1.165, 1.54) is 6.33 Å². The number of rotatable bonds is 3. The van der Waals surface area contributed by atoms with E-state index in [-0.39, 0.29) is 11.9 Å². The highest BCUT2D eigenvalue weighted by Gasteiger charge is 2.23. The molecule has 8 heteroatoms. The Morgan fingerprint density at radius 2 is 2.15 bits per heavy atom. The molecular formula is C18H17ClN6O. The number of hydrogen-bond acceptors (Lipinski definition) is 6. The number of carbonyl (C=O) groups excluding carboxylic acids is 1. The van der Waals surface area contributed by atoms with Crippen LogP contribution in [0.5, 0.6) is 0 Å². The number of nitrogens with one attached hydrogen (secondary N) is 1. The lowest BCUT2D eigenvalue weighted by Crippen LogP contribution is -2.48. The van der Waals surface area contributed by atoms with Gasteiger partial charge in [0.25, 0.3) is 5.91 Å². The Balaban J connectivity index is 1.48. The van der Waals surface area contributed by atoms with Crippen LogP contribution in [0, 0.1) is 0 Å². The molecule has 0 radical (unpaired) electrons. The van der Waals surface area contributed by atoms with Gasteiger partial charge >= 0.3 is 0 Å². The number of benzene rings is 1. The van der Waals surface area contributed by atoms with E-state index in [2.05, 4.69) is 30.2 Å². The van der Waals surface area contributed by atoms with Crippen LogP contribution in [0.25, 0.3) is 11.0 Å². The molecule has 1 atom stereocenters. The molecule has 7 nitrogen and oxygen atoms in total. The summed E-state index contributed by atoms with van der Waals surface area (Å²) >= 11 is 6.00. The SMILES string of the molecule is O=C(NC1CCCN(c2cnc3cc(Cl)ccc3n2)C1)c1ccncn1. The third kappa shape index (κ3) is 3.57. The molecule has 1 saturated heterocycles. The molecule has 1 aromatic carbocycles. The van der Waals surface area contributed by atoms with Gasteiger partial charge in [0.1, 0.15) is 17.8 Å². The van der Waals surface area contributed by atoms with Gasteiger partial charge < -0.3 is 10.2 Å². The van der Waals surface area contributed by atoms with Crippen LogP contribution in [0.2, 0.25) is 5.02 Å². The highest BCUT2D eigenvalue weighted by molar-refractivity contribution is 6.31. The first-order chi connectivity index (χ1) is 12.7. The Hall–Kier alpha value is -2.80. The topological polar surface area (TPSA) is 83.9 Å². The van der Waals surface area contributed by atoms with Gasteiger partial charge in [0.05, 0.1) is 17.2 Å². The molecule has 0 saturated carbocycles. The molecule has 1 N–H and O–H groups in total. The van der Waals surface area contributed by atoms with E-state index in [1.54, 1.807) is 24.5 Å². The minimum absolute atomic E-state index is 0.0360. The average molecular weight is 369 g/mol. The number of aromatic nitrogens is 4. The van der Waals surface area contributed by atoms with E-state index < -0.39 is 0 Å². The van der Waals surface area contributed by atoms with Crippen molar-refractivity contribution in [1.82, 2.24) is 25.3 Å². The van der Waals surface area contributed by atoms with Gasteiger partial charge in [-0.25, -0.2) is 15.0 Å². The van der Waals surface area contributed by atoms with Crippen LogP contribution in [0.1, 0.15) is 23.3 Å². The van der Waals surface area contributed by atoms with E-state index in [4.69, 9.17) is 11.6 Å². The number of nitrogens with zero attached hydrogens (tertiary/aromatic N) is 5. The van der Waals surface area contributed by atoms with Crippen LogP contribution >= 0.6 is 11.6 Å². The molecule has 132 valence electrons. The molecule has 1 fully saturated rings. The normalized spacial score (nSPS) is 17.3. The van der Waals surface area contributed by atoms with Crippen molar-refractivity contribution in [2.45, 2.75) is 18.9 Å². The zero-order chi connectivity index (χ0) is 17.9. The lowest BCUT2D eigenvalue weighted by atomic mass is 10.1. The Bertz CT molecular complexity index is 935. The van der Waals surface area contributed by atoms with Crippen molar-refractivity contribution in [3.05, 3.63) is 53.7 Å². The summed E-state index contributed by atoms with van der Waals surface area (Å²) in [7, 11) is 0. The average Bonchev–Trinajstić information content (AvgIpc) is 2.68. The summed E-state index contributed by atoms with van der Waals surface area (Å²) in [6, 6.07) is 7.12. The van der Waals surface area contributed by atoms with Gasteiger partial charge in [-0.1, -0.05) is 11.6 Å². The van der Waals surface area contributed by atoms with Gasteiger partial charge in [-0.3, -0.25) is 9.78 Å². The van der Waals surface area contributed by atoms with Gasteiger partial charge in [0.2, 0.25) is 0 Å². The number of fused-ring (bicyclic) bond motifs is 1. The van der Waals surface area contributed by atoms with Gasteiger partial charge in [-0.15, -0.1) is 0 Å². The monoisotopic (exact) mass is 368 g/mol. The van der Waals surface area contributed by atoms with Crippen molar-refractivity contribution in [2.75, 3.05) is 18.0 Å². The second-order valence-corrected chi connectivity index (χ2v) is 6.65. The first-order valence-corrected chi connectivity index (χ1v) is 8.81. The van der Waals surface area contributed by atoms with Crippen molar-refractivity contribution >= 4 is 34.4 Å². The fourth-order valence-corrected chi connectivity index (χ4v) is 3.28. The largest absolute Gasteiger partial charge is 0.353 e. The minimum Gasteiger partial charge on any atom is -0.353 e. The molecular weight excluding hydrogens is 352 g/mol. The number of piperidine rings is 1. The van der Waals surface area contributed by atoms with Crippen LogP contribution in [0.3, 0.4) is 0 Å². The van der Waals surface area contributed by atoms with Gasteiger partial charge in [-0.2, -0.15) is 0 Å². The van der Waals surface area contributed by atoms with E-state index >= 15 is 0 Å². The maximum atomic E-state index is 12.3. The summed E-state index contributed by atoms with van der Waals surface area (Å²) in [5.41, 5.74) is 1.95. The second-order valence-electron chi connectivity index (χ2n) is 6.21. The van der Waals surface area contributed by atoms with Gasteiger partial charge in [0.15, 0.2) is 0 Å². The molecule has 3 aromatic rings. The smallest absolute Gasteiger partial charge is 0.270 e. The predicted octanol–water partition coefficient (Wildman–Crippen LogP) is 2.47. The van der Waals surface area contributed by atoms with Crippen molar-refractivity contribution in [2.24, 2.45) is 0 Å². The van der Waals surface area contributed by atoms with Crippen LogP contribution < -0.4 is 10.2 Å². The minimum atomic E-state index is -0.182. The molecule has 1 aliphatic heterocycles. The summed E-state index contributed by atoms with van der Waals surface area (Å²) in [6.45, 7) is 1.57. The molecule has 0 bridgehead atoms. The Kier molecular flexibility index (Phi) is 4.62. The Morgan fingerprint density at radius 1 is 1.23 bits per heavy atom. The van der Waals surface area contributed by atoms with Gasteiger partial charge in [-0.05, 0) is 37.1 Å². The zero-order valence-corrected chi connectivity index (χ0v) is 14.7. The first kappa shape index (κ1) is 16.7. The first-order valence-electron chi connectivity index (χ1n) is 8.43. The molecule has 2 aromatic heterocycles. The van der Waals surface area contributed by atoms with E-state index in [0.29, 0.717) is 17.3 Å². The van der Waals surface area contributed by atoms with Crippen molar-refractivity contribution < 1.29 is 4.79 Å². The van der Waals surface area contributed by atoms with Crippen molar-refractivity contribution in [3.63, 3.8) is 0 Å². The highest BCUT2D eigenvalue weighted by Crippen LogP contribution is 2.22. The lowest BCUT2D eigenvalue weighted by Gasteiger charge is -2.33. The van der Waals surface area contributed by atoms with E-state index in [1.807, 2.05) is 12.1 Å². The number of anilines is 1. The third-order valence-corrected chi connectivity index (χ3v) is 4.62. The van der Waals surface area contributed by atoms with Gasteiger partial charge in [0, 0.05) is 30.4 Å². The summed E-state index contributed by atoms with van der Waals surface area (Å²) in [5, 5.41) is 3.69. The Labute approximate surface area is 155 Å². The predicted molar refractivity (Wildman–Crippen MR) is 99.3 cm³/mol. The maximum Gasteiger partial charge on any atom is 0.270 e. The molecule has 0 aliphatic carbocycles. The molecule has 1 amide bonds. The van der Waals surface area contributed by atoms with Crippen LogP contribution in [-0.4, -0.2) is 45.0 Å². The molecule has 1 unspecified atom stereocenters. The molecule has 1 aliphatic rings. The maximum absolute atomic E-state index is 12.3. The summed E-state index contributed by atoms with van der Waals surface area (Å²) in [4.78, 5) is 31.4. The van der Waals surface area contributed by atoms with Crippen LogP contribution in [0.15, 0.2) is 43.0 Å². The molecule has 0 spiro atoms. The van der Waals surface area contributed by atoms with Crippen molar-refractivity contribution in [1.29, 1.82) is 0 Å². The number of halogens is 1. The zero-order valence-electron chi connectivity index (χ0n) is 14.0. The summed E-state index contributed by atoms with van der Waals surface area (Å²) in [5.74, 6) is 0.624. The Morgan fingerprint density at radius 3 is 3.00 bits per heavy atom. The lowest BCUT2D eigenvalue weighted by molar-refractivity contribution is 0.0928. The van der Waals surface area contributed by atoms with E-state index in [9.17, 15) is 4.79 Å². The fraction of sp³-hybridized carbons (Fsp3) is 0.278. The number of amides is 1. The quantitative estimate of drug-likeness (QED) is 0.764. The van der Waals surface area contributed by atoms with Crippen LogP contribution in [0.4, 0.5) is 5.82 Å². The highest BCUT2D eigenvalue weighted by atomic mass is 35.5. The second kappa shape index (κ2) is 7.21. The third-order valence-electron chi connectivity index (χ3n) is 4.39. The van der Waals surface area contributed by atoms with E-state index in [0.717, 1.165) is 36.2 Å².